The van der Waals surface area contributed by atoms with Crippen LogP contribution < -0.4 is 4.74 Å². The topological polar surface area (TPSA) is 51.0 Å². The molecule has 0 aliphatic carbocycles. The van der Waals surface area contributed by atoms with Crippen LogP contribution in [0.4, 0.5) is 4.39 Å². The maximum absolute atomic E-state index is 13.9. The number of rotatable bonds is 4. The molecule has 0 N–H and O–H groups in total. The molecule has 0 amide bonds. The minimum atomic E-state index is -0.233. The number of halogens is 1. The summed E-state index contributed by atoms with van der Waals surface area (Å²) >= 11 is 0. The number of hydrogen-bond acceptors (Lipinski definition) is 6. The van der Waals surface area contributed by atoms with Crippen molar-refractivity contribution in [3.8, 4) is 5.75 Å². The van der Waals surface area contributed by atoms with Gasteiger partial charge in [-0.15, -0.1) is 0 Å². The molecule has 0 bridgehead atoms. The van der Waals surface area contributed by atoms with E-state index in [1.807, 2.05) is 13.0 Å². The second-order valence-electron chi connectivity index (χ2n) is 6.65. The Bertz CT molecular complexity index is 741. The van der Waals surface area contributed by atoms with Gasteiger partial charge in [-0.2, -0.15) is 0 Å². The van der Waals surface area contributed by atoms with Crippen LogP contribution in [0.3, 0.4) is 0 Å². The van der Waals surface area contributed by atoms with Crippen LogP contribution in [0.1, 0.15) is 22.6 Å². The van der Waals surface area contributed by atoms with Crippen molar-refractivity contribution in [1.82, 2.24) is 15.0 Å². The largest absolute Gasteiger partial charge is 0.467 e. The SMILES string of the molecule is Cc1cc(CN2CCN(Cc3cc(F)cc4c3OCOC4)CC2)no1. The Morgan fingerprint density at radius 1 is 1.08 bits per heavy atom. The second-order valence-corrected chi connectivity index (χ2v) is 6.65. The minimum Gasteiger partial charge on any atom is -0.467 e. The van der Waals surface area contributed by atoms with E-state index in [-0.39, 0.29) is 12.6 Å². The van der Waals surface area contributed by atoms with Crippen LogP contribution in [-0.4, -0.2) is 47.9 Å². The van der Waals surface area contributed by atoms with Crippen molar-refractivity contribution in [3.63, 3.8) is 0 Å². The van der Waals surface area contributed by atoms with Crippen molar-refractivity contribution in [3.05, 3.63) is 46.6 Å². The molecule has 1 saturated heterocycles. The lowest BCUT2D eigenvalue weighted by Gasteiger charge is -2.34. The highest BCUT2D eigenvalue weighted by Crippen LogP contribution is 2.30. The third kappa shape index (κ3) is 3.84. The van der Waals surface area contributed by atoms with Gasteiger partial charge in [0.25, 0.3) is 0 Å². The molecule has 0 unspecified atom stereocenters. The summed E-state index contributed by atoms with van der Waals surface area (Å²) in [5.41, 5.74) is 2.67. The van der Waals surface area contributed by atoms with Crippen LogP contribution >= 0.6 is 0 Å². The second kappa shape index (κ2) is 7.11. The monoisotopic (exact) mass is 347 g/mol. The molecule has 2 aliphatic heterocycles. The van der Waals surface area contributed by atoms with Crippen LogP contribution in [0.2, 0.25) is 0 Å². The van der Waals surface area contributed by atoms with Crippen molar-refractivity contribution in [1.29, 1.82) is 0 Å². The summed E-state index contributed by atoms with van der Waals surface area (Å²) in [5, 5.41) is 4.05. The molecule has 0 radical (unpaired) electrons. The Balaban J connectivity index is 1.36. The fraction of sp³-hybridized carbons (Fsp3) is 0.500. The highest BCUT2D eigenvalue weighted by Gasteiger charge is 2.22. The lowest BCUT2D eigenvalue weighted by atomic mass is 10.1. The van der Waals surface area contributed by atoms with Gasteiger partial charge in [0.2, 0.25) is 0 Å². The number of piperazine rings is 1. The third-order valence-corrected chi connectivity index (χ3v) is 4.67. The molecule has 2 aromatic rings. The molecule has 1 fully saturated rings. The van der Waals surface area contributed by atoms with E-state index in [9.17, 15) is 4.39 Å². The molecule has 2 aliphatic rings. The van der Waals surface area contributed by atoms with Gasteiger partial charge in [0.15, 0.2) is 6.79 Å². The summed E-state index contributed by atoms with van der Waals surface area (Å²) in [6.07, 6.45) is 0. The molecule has 3 heterocycles. The first-order chi connectivity index (χ1) is 12.2. The predicted molar refractivity (Wildman–Crippen MR) is 88.5 cm³/mol. The Kier molecular flexibility index (Phi) is 4.70. The molecule has 0 spiro atoms. The van der Waals surface area contributed by atoms with Crippen molar-refractivity contribution in [2.24, 2.45) is 0 Å². The van der Waals surface area contributed by atoms with Gasteiger partial charge in [-0.3, -0.25) is 9.80 Å². The van der Waals surface area contributed by atoms with Crippen LogP contribution in [0.25, 0.3) is 0 Å². The number of ether oxygens (including phenoxy) is 2. The average molecular weight is 347 g/mol. The average Bonchev–Trinajstić information content (AvgIpc) is 3.01. The molecule has 4 rings (SSSR count). The maximum Gasteiger partial charge on any atom is 0.189 e. The first-order valence-corrected chi connectivity index (χ1v) is 8.56. The molecule has 0 atom stereocenters. The first kappa shape index (κ1) is 16.5. The van der Waals surface area contributed by atoms with Gasteiger partial charge in [0.1, 0.15) is 17.3 Å². The quantitative estimate of drug-likeness (QED) is 0.846. The smallest absolute Gasteiger partial charge is 0.189 e. The highest BCUT2D eigenvalue weighted by molar-refractivity contribution is 5.42. The zero-order valence-electron chi connectivity index (χ0n) is 14.3. The van der Waals surface area contributed by atoms with E-state index in [2.05, 4.69) is 15.0 Å². The van der Waals surface area contributed by atoms with Gasteiger partial charge < -0.3 is 14.0 Å². The number of hydrogen-bond donors (Lipinski definition) is 0. The van der Waals surface area contributed by atoms with E-state index in [4.69, 9.17) is 14.0 Å². The third-order valence-electron chi connectivity index (χ3n) is 4.67. The standard InChI is InChI=1S/C18H22FN3O3/c1-13-6-17(20-25-13)10-22-4-2-21(3-5-22)9-14-7-16(19)8-15-11-23-12-24-18(14)15/h6-8H,2-5,9-12H2,1H3. The summed E-state index contributed by atoms with van der Waals surface area (Å²) in [7, 11) is 0. The van der Waals surface area contributed by atoms with Gasteiger partial charge in [-0.05, 0) is 19.1 Å². The molecular formula is C18H22FN3O3. The van der Waals surface area contributed by atoms with E-state index >= 15 is 0 Å². The lowest BCUT2D eigenvalue weighted by molar-refractivity contribution is -0.0179. The molecule has 1 aromatic heterocycles. The van der Waals surface area contributed by atoms with Crippen LogP contribution in [0, 0.1) is 12.7 Å². The summed E-state index contributed by atoms with van der Waals surface area (Å²) in [6.45, 7) is 7.80. The zero-order chi connectivity index (χ0) is 17.2. The Morgan fingerprint density at radius 2 is 1.84 bits per heavy atom. The zero-order valence-corrected chi connectivity index (χ0v) is 14.3. The summed E-state index contributed by atoms with van der Waals surface area (Å²) in [5.74, 6) is 1.39. The van der Waals surface area contributed by atoms with Gasteiger partial charge >= 0.3 is 0 Å². The normalized spacial score (nSPS) is 18.8. The molecule has 0 saturated carbocycles. The van der Waals surface area contributed by atoms with Gasteiger partial charge in [0, 0.05) is 56.5 Å². The molecule has 7 heteroatoms. The Hall–Kier alpha value is -1.96. The van der Waals surface area contributed by atoms with Crippen molar-refractivity contribution < 1.29 is 18.4 Å². The van der Waals surface area contributed by atoms with E-state index in [1.165, 1.54) is 6.07 Å². The molecule has 1 aromatic carbocycles. The van der Waals surface area contributed by atoms with E-state index < -0.39 is 0 Å². The number of nitrogens with zero attached hydrogens (tertiary/aromatic N) is 3. The summed E-state index contributed by atoms with van der Waals surface area (Å²) in [4.78, 5) is 4.69. The molecule has 25 heavy (non-hydrogen) atoms. The van der Waals surface area contributed by atoms with Crippen molar-refractivity contribution in [2.75, 3.05) is 33.0 Å². The van der Waals surface area contributed by atoms with Gasteiger partial charge in [-0.1, -0.05) is 5.16 Å². The number of fused-ring (bicyclic) bond motifs is 1. The van der Waals surface area contributed by atoms with Crippen molar-refractivity contribution in [2.45, 2.75) is 26.6 Å². The Labute approximate surface area is 146 Å². The van der Waals surface area contributed by atoms with Gasteiger partial charge in [-0.25, -0.2) is 4.39 Å². The molecular weight excluding hydrogens is 325 g/mol. The summed E-state index contributed by atoms with van der Waals surface area (Å²) < 4.78 is 29.8. The predicted octanol–water partition coefficient (Wildman–Crippen LogP) is 2.31. The maximum atomic E-state index is 13.9. The first-order valence-electron chi connectivity index (χ1n) is 8.56. The van der Waals surface area contributed by atoms with Crippen LogP contribution in [0.5, 0.6) is 5.75 Å². The highest BCUT2D eigenvalue weighted by atomic mass is 19.1. The van der Waals surface area contributed by atoms with Crippen LogP contribution in [-0.2, 0) is 24.4 Å². The van der Waals surface area contributed by atoms with Crippen LogP contribution in [0.15, 0.2) is 22.7 Å². The molecule has 134 valence electrons. The van der Waals surface area contributed by atoms with E-state index in [0.717, 1.165) is 61.1 Å². The number of aromatic nitrogens is 1. The molecule has 6 nitrogen and oxygen atoms in total. The number of aryl methyl sites for hydroxylation is 1. The fourth-order valence-electron chi connectivity index (χ4n) is 3.44. The van der Waals surface area contributed by atoms with E-state index in [0.29, 0.717) is 13.2 Å². The van der Waals surface area contributed by atoms with Gasteiger partial charge in [0.05, 0.1) is 12.3 Å². The number of benzene rings is 1. The van der Waals surface area contributed by atoms with Crippen molar-refractivity contribution >= 4 is 0 Å². The van der Waals surface area contributed by atoms with E-state index in [1.54, 1.807) is 6.07 Å². The summed E-state index contributed by atoms with van der Waals surface area (Å²) in [6, 6.07) is 5.05. The Morgan fingerprint density at radius 3 is 2.56 bits per heavy atom. The minimum absolute atomic E-state index is 0.233. The lowest BCUT2D eigenvalue weighted by Crippen LogP contribution is -2.45. The fourth-order valence-corrected chi connectivity index (χ4v) is 3.44.